The molecule has 1 rings (SSSR count). The molecular weight excluding hydrogens is 195 g/mol. The van der Waals surface area contributed by atoms with Crippen molar-refractivity contribution in [1.29, 1.82) is 0 Å². The van der Waals surface area contributed by atoms with Crippen LogP contribution < -0.4 is 0 Å². The van der Waals surface area contributed by atoms with Crippen molar-refractivity contribution in [3.05, 3.63) is 35.9 Å². The minimum atomic E-state index is -2.76. The zero-order valence-corrected chi connectivity index (χ0v) is 7.33. The number of benzene rings is 1. The van der Waals surface area contributed by atoms with Crippen molar-refractivity contribution in [3.8, 4) is 0 Å². The molecular formula is C8H7FO3S. The molecule has 0 radical (unpaired) electrons. The summed E-state index contributed by atoms with van der Waals surface area (Å²) in [5.41, 5.74) is -2.26. The Morgan fingerprint density at radius 3 is 2.38 bits per heavy atom. The van der Waals surface area contributed by atoms with Gasteiger partial charge in [0.25, 0.3) is 5.50 Å². The second-order valence-corrected chi connectivity index (χ2v) is 3.29. The topological polar surface area (TPSA) is 54.4 Å². The van der Waals surface area contributed by atoms with Crippen LogP contribution in [-0.2, 0) is 11.1 Å². The van der Waals surface area contributed by atoms with E-state index in [1.165, 1.54) is 12.1 Å². The Labute approximate surface area is 76.9 Å². The highest BCUT2D eigenvalue weighted by molar-refractivity contribution is 7.80. The van der Waals surface area contributed by atoms with E-state index in [-0.39, 0.29) is 5.56 Å². The summed E-state index contributed by atoms with van der Waals surface area (Å²) in [5.74, 6) is -0.971. The van der Waals surface area contributed by atoms with Crippen LogP contribution in [0.5, 0.6) is 0 Å². The molecule has 0 spiro atoms. The summed E-state index contributed by atoms with van der Waals surface area (Å²) in [6.45, 7) is 0. The van der Waals surface area contributed by atoms with Crippen molar-refractivity contribution in [3.63, 3.8) is 0 Å². The van der Waals surface area contributed by atoms with Crippen LogP contribution in [0.15, 0.2) is 30.3 Å². The first-order valence-electron chi connectivity index (χ1n) is 3.46. The number of hydrogen-bond donors (Lipinski definition) is 1. The van der Waals surface area contributed by atoms with Crippen LogP contribution in [0.2, 0.25) is 0 Å². The first kappa shape index (κ1) is 10.0. The molecule has 5 heteroatoms. The van der Waals surface area contributed by atoms with Gasteiger partial charge in [-0.15, -0.1) is 0 Å². The molecule has 2 unspecified atom stereocenters. The van der Waals surface area contributed by atoms with Crippen LogP contribution in [0, 0.1) is 0 Å². The summed E-state index contributed by atoms with van der Waals surface area (Å²) < 4.78 is 31.3. The Morgan fingerprint density at radius 1 is 1.38 bits per heavy atom. The van der Waals surface area contributed by atoms with E-state index in [1.807, 2.05) is 0 Å². The van der Waals surface area contributed by atoms with Crippen molar-refractivity contribution in [2.75, 3.05) is 0 Å². The van der Waals surface area contributed by atoms with E-state index in [0.29, 0.717) is 0 Å². The number of hydrogen-bond acceptors (Lipinski definition) is 2. The fourth-order valence-electron chi connectivity index (χ4n) is 0.825. The Morgan fingerprint density at radius 2 is 1.92 bits per heavy atom. The highest BCUT2D eigenvalue weighted by Crippen LogP contribution is 2.07. The molecule has 0 aliphatic carbocycles. The number of halogens is 1. The number of carbonyl (C=O) groups excluding carboxylic acids is 1. The van der Waals surface area contributed by atoms with Crippen LogP contribution in [-0.4, -0.2) is 20.0 Å². The molecule has 1 N–H and O–H groups in total. The minimum absolute atomic E-state index is 0.0948. The summed E-state index contributed by atoms with van der Waals surface area (Å²) in [6, 6.07) is 7.56. The summed E-state index contributed by atoms with van der Waals surface area (Å²) in [6.07, 6.45) is 0. The Hall–Kier alpha value is -1.07. The van der Waals surface area contributed by atoms with Gasteiger partial charge < -0.3 is 4.55 Å². The molecule has 0 fully saturated rings. The van der Waals surface area contributed by atoms with Gasteiger partial charge in [-0.1, -0.05) is 30.3 Å². The van der Waals surface area contributed by atoms with Gasteiger partial charge >= 0.3 is 0 Å². The van der Waals surface area contributed by atoms with Crippen LogP contribution >= 0.6 is 0 Å². The standard InChI is InChI=1S/C8H7FO3S/c9-8(13(11)12)7(10)6-4-2-1-3-5-6/h1-5,8H,(H,11,12). The van der Waals surface area contributed by atoms with Gasteiger partial charge in [0.15, 0.2) is 11.1 Å². The Kier molecular flexibility index (Phi) is 3.27. The van der Waals surface area contributed by atoms with E-state index in [9.17, 15) is 13.4 Å². The minimum Gasteiger partial charge on any atom is -0.303 e. The maximum absolute atomic E-state index is 12.7. The van der Waals surface area contributed by atoms with E-state index in [2.05, 4.69) is 0 Å². The number of ketones is 1. The lowest BCUT2D eigenvalue weighted by molar-refractivity contribution is 0.0932. The van der Waals surface area contributed by atoms with Crippen LogP contribution in [0.1, 0.15) is 10.4 Å². The normalized spacial score (nSPS) is 14.9. The van der Waals surface area contributed by atoms with Gasteiger partial charge in [0.05, 0.1) is 0 Å². The molecule has 0 saturated carbocycles. The van der Waals surface area contributed by atoms with E-state index < -0.39 is 22.4 Å². The van der Waals surface area contributed by atoms with Crippen LogP contribution in [0.25, 0.3) is 0 Å². The van der Waals surface area contributed by atoms with Crippen molar-refractivity contribution in [2.45, 2.75) is 5.50 Å². The summed E-state index contributed by atoms with van der Waals surface area (Å²) in [4.78, 5) is 11.1. The largest absolute Gasteiger partial charge is 0.303 e. The summed E-state index contributed by atoms with van der Waals surface area (Å²) in [5, 5.41) is 0. The molecule has 0 aromatic heterocycles. The van der Waals surface area contributed by atoms with Gasteiger partial charge in [-0.25, -0.2) is 8.60 Å². The second kappa shape index (κ2) is 4.25. The molecule has 70 valence electrons. The van der Waals surface area contributed by atoms with Gasteiger partial charge in [0.1, 0.15) is 0 Å². The summed E-state index contributed by atoms with van der Waals surface area (Å²) in [7, 11) is 0. The van der Waals surface area contributed by atoms with Crippen molar-refractivity contribution < 1.29 is 17.9 Å². The van der Waals surface area contributed by atoms with E-state index in [1.54, 1.807) is 18.2 Å². The van der Waals surface area contributed by atoms with Crippen LogP contribution in [0.3, 0.4) is 0 Å². The van der Waals surface area contributed by atoms with Gasteiger partial charge in [-0.2, -0.15) is 0 Å². The number of rotatable bonds is 3. The van der Waals surface area contributed by atoms with E-state index >= 15 is 0 Å². The number of carbonyl (C=O) groups is 1. The van der Waals surface area contributed by atoms with Crippen molar-refractivity contribution >= 4 is 16.9 Å². The predicted molar refractivity (Wildman–Crippen MR) is 46.4 cm³/mol. The molecule has 1 aromatic rings. The maximum Gasteiger partial charge on any atom is 0.262 e. The lowest BCUT2D eigenvalue weighted by Crippen LogP contribution is -2.20. The third kappa shape index (κ3) is 2.43. The summed E-state index contributed by atoms with van der Waals surface area (Å²) >= 11 is -2.76. The molecule has 13 heavy (non-hydrogen) atoms. The first-order valence-corrected chi connectivity index (χ1v) is 4.63. The molecule has 0 amide bonds. The van der Waals surface area contributed by atoms with E-state index in [4.69, 9.17) is 4.55 Å². The Bertz CT molecular complexity index is 325. The monoisotopic (exact) mass is 202 g/mol. The third-order valence-corrected chi connectivity index (χ3v) is 2.01. The fourth-order valence-corrected chi connectivity index (χ4v) is 1.14. The lowest BCUT2D eigenvalue weighted by atomic mass is 10.1. The zero-order chi connectivity index (χ0) is 9.84. The molecule has 0 heterocycles. The predicted octanol–water partition coefficient (Wildman–Crippen LogP) is 1.39. The van der Waals surface area contributed by atoms with Crippen molar-refractivity contribution in [1.82, 2.24) is 0 Å². The number of alkyl halides is 1. The molecule has 0 bridgehead atoms. The Balaban J connectivity index is 2.86. The maximum atomic E-state index is 12.7. The van der Waals surface area contributed by atoms with Gasteiger partial charge in [0.2, 0.25) is 5.78 Å². The fraction of sp³-hybridized carbons (Fsp3) is 0.125. The highest BCUT2D eigenvalue weighted by Gasteiger charge is 2.24. The zero-order valence-electron chi connectivity index (χ0n) is 6.51. The first-order chi connectivity index (χ1) is 6.13. The molecule has 0 saturated heterocycles. The average Bonchev–Trinajstić information content (AvgIpc) is 2.17. The van der Waals surface area contributed by atoms with E-state index in [0.717, 1.165) is 0 Å². The second-order valence-electron chi connectivity index (χ2n) is 2.32. The smallest absolute Gasteiger partial charge is 0.262 e. The molecule has 0 aliphatic rings. The lowest BCUT2D eigenvalue weighted by Gasteiger charge is -2.01. The van der Waals surface area contributed by atoms with Gasteiger partial charge in [-0.05, 0) is 0 Å². The SMILES string of the molecule is O=C(c1ccccc1)C(F)S(=O)O. The quantitative estimate of drug-likeness (QED) is 0.595. The molecule has 2 atom stereocenters. The highest BCUT2D eigenvalue weighted by atomic mass is 32.2. The van der Waals surface area contributed by atoms with Gasteiger partial charge in [0, 0.05) is 5.56 Å². The third-order valence-electron chi connectivity index (χ3n) is 1.44. The molecule has 0 aliphatic heterocycles. The molecule has 3 nitrogen and oxygen atoms in total. The van der Waals surface area contributed by atoms with Gasteiger partial charge in [-0.3, -0.25) is 4.79 Å². The average molecular weight is 202 g/mol. The van der Waals surface area contributed by atoms with Crippen molar-refractivity contribution in [2.24, 2.45) is 0 Å². The molecule has 1 aromatic carbocycles. The number of Topliss-reactive ketones (excluding diaryl/α,β-unsaturated/α-hetero) is 1. The van der Waals surface area contributed by atoms with Crippen LogP contribution in [0.4, 0.5) is 4.39 Å².